The first-order valence-corrected chi connectivity index (χ1v) is 7.48. The number of aromatic amines is 1. The molecule has 0 fully saturated rings. The number of anilines is 1. The topological polar surface area (TPSA) is 77.9 Å². The Morgan fingerprint density at radius 3 is 3.24 bits per heavy atom. The summed E-state index contributed by atoms with van der Waals surface area (Å²) >= 11 is 0. The van der Waals surface area contributed by atoms with Crippen LogP contribution in [0.1, 0.15) is 42.3 Å². The van der Waals surface area contributed by atoms with Gasteiger partial charge in [0.15, 0.2) is 5.82 Å². The Balaban J connectivity index is 1.86. The summed E-state index contributed by atoms with van der Waals surface area (Å²) in [7, 11) is 2.05. The summed E-state index contributed by atoms with van der Waals surface area (Å²) in [6.07, 6.45) is 6.67. The smallest absolute Gasteiger partial charge is 0.174 e. The van der Waals surface area contributed by atoms with Crippen LogP contribution in [0.2, 0.25) is 0 Å². The molecule has 1 atom stereocenters. The molecular weight excluding hydrogens is 266 g/mol. The number of pyridine rings is 1. The van der Waals surface area contributed by atoms with E-state index in [9.17, 15) is 0 Å². The van der Waals surface area contributed by atoms with Gasteiger partial charge in [0.05, 0.1) is 17.4 Å². The fraction of sp³-hybridized carbons (Fsp3) is 0.533. The second kappa shape index (κ2) is 6.22. The van der Waals surface area contributed by atoms with Gasteiger partial charge in [-0.05, 0) is 43.7 Å². The van der Waals surface area contributed by atoms with Gasteiger partial charge in [-0.2, -0.15) is 0 Å². The van der Waals surface area contributed by atoms with Gasteiger partial charge >= 0.3 is 0 Å². The molecule has 0 radical (unpaired) electrons. The predicted octanol–water partition coefficient (Wildman–Crippen LogP) is 1.64. The summed E-state index contributed by atoms with van der Waals surface area (Å²) in [6, 6.07) is 4.41. The van der Waals surface area contributed by atoms with Crippen molar-refractivity contribution in [3.8, 4) is 0 Å². The number of aliphatic hydroxyl groups is 1. The van der Waals surface area contributed by atoms with Crippen LogP contribution in [0.25, 0.3) is 0 Å². The Labute approximate surface area is 124 Å². The van der Waals surface area contributed by atoms with E-state index in [0.29, 0.717) is 6.42 Å². The molecule has 2 N–H and O–H groups in total. The molecule has 1 unspecified atom stereocenters. The molecule has 0 amide bonds. The highest BCUT2D eigenvalue weighted by Crippen LogP contribution is 2.34. The van der Waals surface area contributed by atoms with E-state index in [1.807, 2.05) is 12.3 Å². The van der Waals surface area contributed by atoms with Crippen LogP contribution in [0.3, 0.4) is 0 Å². The largest absolute Gasteiger partial charge is 0.396 e. The lowest BCUT2D eigenvalue weighted by molar-refractivity contribution is 0.288. The minimum Gasteiger partial charge on any atom is -0.396 e. The second-order valence-electron chi connectivity index (χ2n) is 5.51. The maximum absolute atomic E-state index is 9.00. The molecule has 2 heterocycles. The van der Waals surface area contributed by atoms with Crippen molar-refractivity contribution in [3.63, 3.8) is 0 Å². The van der Waals surface area contributed by atoms with E-state index in [1.54, 1.807) is 0 Å². The van der Waals surface area contributed by atoms with Crippen LogP contribution in [0.4, 0.5) is 5.82 Å². The normalized spacial score (nSPS) is 17.5. The monoisotopic (exact) mass is 287 g/mol. The third-order valence-corrected chi connectivity index (χ3v) is 4.15. The first kappa shape index (κ1) is 14.0. The maximum atomic E-state index is 9.00. The molecule has 6 nitrogen and oxygen atoms in total. The summed E-state index contributed by atoms with van der Waals surface area (Å²) in [4.78, 5) is 6.75. The lowest BCUT2D eigenvalue weighted by Crippen LogP contribution is -2.29. The molecule has 0 bridgehead atoms. The lowest BCUT2D eigenvalue weighted by atomic mass is 9.91. The van der Waals surface area contributed by atoms with Crippen molar-refractivity contribution in [2.75, 3.05) is 18.6 Å². The van der Waals surface area contributed by atoms with E-state index in [1.165, 1.54) is 5.56 Å². The number of H-pyrrole nitrogens is 1. The summed E-state index contributed by atoms with van der Waals surface area (Å²) in [5, 5.41) is 20.1. The zero-order valence-electron chi connectivity index (χ0n) is 12.3. The van der Waals surface area contributed by atoms with Crippen LogP contribution in [0, 0.1) is 0 Å². The first-order chi connectivity index (χ1) is 10.3. The van der Waals surface area contributed by atoms with Crippen molar-refractivity contribution >= 4 is 5.82 Å². The van der Waals surface area contributed by atoms with E-state index in [4.69, 9.17) is 5.11 Å². The Kier molecular flexibility index (Phi) is 4.15. The average molecular weight is 287 g/mol. The standard InChI is InChI=1S/C15H21N5O/c1-20(15-12(7-4-10-21)17-19-18-15)13-8-2-5-11-6-3-9-16-14(11)13/h3,6,9,13,21H,2,4-5,7-8,10H2,1H3,(H,17,18,19). The molecule has 0 aliphatic heterocycles. The van der Waals surface area contributed by atoms with Crippen LogP contribution < -0.4 is 4.90 Å². The number of nitrogens with zero attached hydrogens (tertiary/aromatic N) is 4. The van der Waals surface area contributed by atoms with Crippen molar-refractivity contribution in [3.05, 3.63) is 35.3 Å². The van der Waals surface area contributed by atoms with Crippen LogP contribution in [-0.2, 0) is 12.8 Å². The summed E-state index contributed by atoms with van der Waals surface area (Å²) in [5.74, 6) is 0.868. The molecule has 0 spiro atoms. The van der Waals surface area contributed by atoms with Gasteiger partial charge in [-0.1, -0.05) is 11.3 Å². The molecule has 0 saturated heterocycles. The van der Waals surface area contributed by atoms with Crippen LogP contribution >= 0.6 is 0 Å². The van der Waals surface area contributed by atoms with Crippen molar-refractivity contribution in [2.45, 2.75) is 38.1 Å². The van der Waals surface area contributed by atoms with E-state index < -0.39 is 0 Å². The zero-order valence-corrected chi connectivity index (χ0v) is 12.3. The molecule has 1 aliphatic carbocycles. The summed E-state index contributed by atoms with van der Waals surface area (Å²) in [6.45, 7) is 0.177. The van der Waals surface area contributed by atoms with Gasteiger partial charge in [0.1, 0.15) is 0 Å². The average Bonchev–Trinajstić information content (AvgIpc) is 3.00. The quantitative estimate of drug-likeness (QED) is 0.874. The van der Waals surface area contributed by atoms with E-state index in [0.717, 1.165) is 42.9 Å². The molecule has 6 heteroatoms. The van der Waals surface area contributed by atoms with Gasteiger partial charge in [-0.15, -0.1) is 5.10 Å². The molecule has 112 valence electrons. The number of rotatable bonds is 5. The van der Waals surface area contributed by atoms with Gasteiger partial charge in [0.2, 0.25) is 0 Å². The molecule has 2 aromatic heterocycles. The highest BCUT2D eigenvalue weighted by molar-refractivity contribution is 5.45. The van der Waals surface area contributed by atoms with Crippen molar-refractivity contribution in [1.82, 2.24) is 20.4 Å². The number of fused-ring (bicyclic) bond motifs is 1. The Hall–Kier alpha value is -1.95. The van der Waals surface area contributed by atoms with Gasteiger partial charge < -0.3 is 10.0 Å². The van der Waals surface area contributed by atoms with Crippen molar-refractivity contribution in [2.24, 2.45) is 0 Å². The molecule has 0 saturated carbocycles. The first-order valence-electron chi connectivity index (χ1n) is 7.48. The molecule has 1 aliphatic rings. The van der Waals surface area contributed by atoms with Gasteiger partial charge in [0, 0.05) is 19.9 Å². The molecule has 0 aromatic carbocycles. The second-order valence-corrected chi connectivity index (χ2v) is 5.51. The maximum Gasteiger partial charge on any atom is 0.174 e. The van der Waals surface area contributed by atoms with Crippen molar-refractivity contribution < 1.29 is 5.11 Å². The summed E-state index contributed by atoms with van der Waals surface area (Å²) < 4.78 is 0. The third kappa shape index (κ3) is 2.76. The minimum absolute atomic E-state index is 0.177. The SMILES string of the molecule is CN(c1nn[nH]c1CCCO)C1CCCc2cccnc21. The number of aryl methyl sites for hydroxylation is 2. The Bertz CT molecular complexity index is 597. The van der Waals surface area contributed by atoms with E-state index in [-0.39, 0.29) is 12.6 Å². The zero-order chi connectivity index (χ0) is 14.7. The van der Waals surface area contributed by atoms with Gasteiger partial charge in [-0.3, -0.25) is 10.1 Å². The number of aliphatic hydroxyl groups excluding tert-OH is 1. The molecular formula is C15H21N5O. The van der Waals surface area contributed by atoms with Crippen LogP contribution in [0.15, 0.2) is 18.3 Å². The van der Waals surface area contributed by atoms with Crippen molar-refractivity contribution in [1.29, 1.82) is 0 Å². The van der Waals surface area contributed by atoms with E-state index in [2.05, 4.69) is 38.4 Å². The number of nitrogens with one attached hydrogen (secondary N) is 1. The molecule has 3 rings (SSSR count). The third-order valence-electron chi connectivity index (χ3n) is 4.15. The fourth-order valence-electron chi connectivity index (χ4n) is 3.06. The van der Waals surface area contributed by atoms with Gasteiger partial charge in [-0.25, -0.2) is 0 Å². The van der Waals surface area contributed by atoms with Crippen LogP contribution in [0.5, 0.6) is 0 Å². The Morgan fingerprint density at radius 2 is 2.38 bits per heavy atom. The fourth-order valence-corrected chi connectivity index (χ4v) is 3.06. The minimum atomic E-state index is 0.177. The Morgan fingerprint density at radius 1 is 1.48 bits per heavy atom. The number of hydrogen-bond acceptors (Lipinski definition) is 5. The number of hydrogen-bond donors (Lipinski definition) is 2. The highest BCUT2D eigenvalue weighted by atomic mass is 16.2. The van der Waals surface area contributed by atoms with Gasteiger partial charge in [0.25, 0.3) is 0 Å². The molecule has 2 aromatic rings. The predicted molar refractivity (Wildman–Crippen MR) is 80.1 cm³/mol. The number of aromatic nitrogens is 4. The van der Waals surface area contributed by atoms with Crippen LogP contribution in [-0.4, -0.2) is 39.2 Å². The highest BCUT2D eigenvalue weighted by Gasteiger charge is 2.27. The summed E-state index contributed by atoms with van der Waals surface area (Å²) in [5.41, 5.74) is 3.47. The molecule has 21 heavy (non-hydrogen) atoms. The lowest BCUT2D eigenvalue weighted by Gasteiger charge is -2.32. The van der Waals surface area contributed by atoms with E-state index >= 15 is 0 Å².